The molecule has 0 aliphatic heterocycles. The maximum absolute atomic E-state index is 14.2. The van der Waals surface area contributed by atoms with Crippen molar-refractivity contribution < 1.29 is 28.4 Å². The highest BCUT2D eigenvalue weighted by atomic mass is 16.5. The van der Waals surface area contributed by atoms with Gasteiger partial charge in [0.1, 0.15) is 11.8 Å². The van der Waals surface area contributed by atoms with Gasteiger partial charge in [-0.25, -0.2) is 0 Å². The average molecular weight is 565 g/mol. The number of methoxy groups -OCH3 is 2. The van der Waals surface area contributed by atoms with Crippen molar-refractivity contribution in [2.24, 2.45) is 0 Å². The molecule has 10 heteroatoms. The Balaban J connectivity index is 2.13. The summed E-state index contributed by atoms with van der Waals surface area (Å²) in [6.07, 6.45) is 0.375. The molecule has 1 heterocycles. The van der Waals surface area contributed by atoms with Crippen molar-refractivity contribution in [3.63, 3.8) is 0 Å². The van der Waals surface area contributed by atoms with E-state index in [1.54, 1.807) is 31.2 Å². The molecule has 0 aliphatic carbocycles. The molecule has 0 saturated heterocycles. The predicted octanol–water partition coefficient (Wildman–Crippen LogP) is 5.42. The van der Waals surface area contributed by atoms with Crippen LogP contribution in [0.2, 0.25) is 0 Å². The van der Waals surface area contributed by atoms with E-state index in [9.17, 15) is 14.4 Å². The maximum atomic E-state index is 14.2. The Morgan fingerprint density at radius 1 is 1.00 bits per heavy atom. The van der Waals surface area contributed by atoms with Crippen molar-refractivity contribution in [1.82, 2.24) is 10.5 Å². The van der Waals surface area contributed by atoms with Crippen LogP contribution in [-0.4, -0.2) is 42.6 Å². The number of hydrogen-bond acceptors (Lipinski definition) is 7. The number of aromatic nitrogens is 1. The van der Waals surface area contributed by atoms with Gasteiger partial charge in [-0.1, -0.05) is 42.4 Å². The molecule has 10 nitrogen and oxygen atoms in total. The normalized spacial score (nSPS) is 11.9. The molecule has 41 heavy (non-hydrogen) atoms. The largest absolute Gasteiger partial charge is 0.493 e. The molecular formula is C31H40N4O6. The van der Waals surface area contributed by atoms with E-state index in [0.29, 0.717) is 34.9 Å². The molecule has 0 saturated carbocycles. The van der Waals surface area contributed by atoms with Gasteiger partial charge in [0.05, 0.1) is 19.9 Å². The molecule has 0 fully saturated rings. The van der Waals surface area contributed by atoms with Crippen molar-refractivity contribution in [2.45, 2.75) is 72.4 Å². The zero-order valence-electron chi connectivity index (χ0n) is 25.1. The second-order valence-electron chi connectivity index (χ2n) is 10.6. The Hall–Kier alpha value is -4.34. The number of benzene rings is 2. The van der Waals surface area contributed by atoms with Gasteiger partial charge in [-0.3, -0.25) is 19.3 Å². The van der Waals surface area contributed by atoms with Crippen LogP contribution >= 0.6 is 0 Å². The fourth-order valence-electron chi connectivity index (χ4n) is 4.57. The number of carbonyl (C=O) groups is 3. The summed E-state index contributed by atoms with van der Waals surface area (Å²) < 4.78 is 16.3. The standard InChI is InChI=1S/C31H40N4O6/c1-9-31(5,6)33-30(38)28(22-14-11-15-23(39-7)29(22)40-8)35(27-19(2)12-10-13-20(27)3)26(37)17-16-25(36)32-24-18-21(4)41-34-24/h10-15,18,28H,9,16-17H2,1-8H3,(H,33,38)(H,32,34,36). The fraction of sp³-hybridized carbons (Fsp3) is 0.419. The van der Waals surface area contributed by atoms with Gasteiger partial charge in [0, 0.05) is 30.0 Å². The number of carbonyl (C=O) groups excluding carboxylic acids is 3. The Morgan fingerprint density at radius 2 is 1.66 bits per heavy atom. The minimum atomic E-state index is -1.13. The first-order valence-electron chi connectivity index (χ1n) is 13.6. The number of aryl methyl sites for hydroxylation is 3. The minimum absolute atomic E-state index is 0.129. The summed E-state index contributed by atoms with van der Waals surface area (Å²) >= 11 is 0. The van der Waals surface area contributed by atoms with E-state index in [1.165, 1.54) is 19.1 Å². The summed E-state index contributed by atoms with van der Waals surface area (Å²) in [6, 6.07) is 11.4. The van der Waals surface area contributed by atoms with Gasteiger partial charge in [-0.2, -0.15) is 0 Å². The second kappa shape index (κ2) is 13.3. The first kappa shape index (κ1) is 31.2. The molecule has 3 amide bonds. The molecule has 1 unspecified atom stereocenters. The molecule has 0 bridgehead atoms. The highest BCUT2D eigenvalue weighted by molar-refractivity contribution is 6.04. The van der Waals surface area contributed by atoms with Crippen LogP contribution < -0.4 is 25.0 Å². The van der Waals surface area contributed by atoms with E-state index in [-0.39, 0.29) is 24.6 Å². The van der Waals surface area contributed by atoms with Gasteiger partial charge in [0.15, 0.2) is 17.3 Å². The number of rotatable bonds is 12. The van der Waals surface area contributed by atoms with Crippen LogP contribution in [0.5, 0.6) is 11.5 Å². The zero-order valence-corrected chi connectivity index (χ0v) is 25.1. The Bertz CT molecular complexity index is 1380. The minimum Gasteiger partial charge on any atom is -0.493 e. The van der Waals surface area contributed by atoms with E-state index >= 15 is 0 Å². The van der Waals surface area contributed by atoms with Gasteiger partial charge < -0.3 is 24.6 Å². The Morgan fingerprint density at radius 3 is 2.22 bits per heavy atom. The molecule has 0 radical (unpaired) electrons. The molecular weight excluding hydrogens is 524 g/mol. The van der Waals surface area contributed by atoms with Crippen LogP contribution in [0.4, 0.5) is 11.5 Å². The maximum Gasteiger partial charge on any atom is 0.248 e. The SMILES string of the molecule is CCC(C)(C)NC(=O)C(c1cccc(OC)c1OC)N(C(=O)CCC(=O)Nc1cc(C)on1)c1c(C)cccc1C. The van der Waals surface area contributed by atoms with Gasteiger partial charge in [-0.15, -0.1) is 0 Å². The number of hydrogen-bond donors (Lipinski definition) is 2. The van der Waals surface area contributed by atoms with Gasteiger partial charge in [0.2, 0.25) is 17.7 Å². The third-order valence-electron chi connectivity index (χ3n) is 6.99. The molecule has 1 atom stereocenters. The molecule has 2 aromatic carbocycles. The number of nitrogens with zero attached hydrogens (tertiary/aromatic N) is 2. The van der Waals surface area contributed by atoms with Crippen LogP contribution in [-0.2, 0) is 14.4 Å². The van der Waals surface area contributed by atoms with Gasteiger partial charge >= 0.3 is 0 Å². The van der Waals surface area contributed by atoms with Crippen LogP contribution in [0, 0.1) is 20.8 Å². The van der Waals surface area contributed by atoms with Crippen molar-refractivity contribution in [3.8, 4) is 11.5 Å². The molecule has 0 spiro atoms. The van der Waals surface area contributed by atoms with Crippen molar-refractivity contribution in [2.75, 3.05) is 24.4 Å². The monoisotopic (exact) mass is 564 g/mol. The number of anilines is 2. The first-order valence-corrected chi connectivity index (χ1v) is 13.6. The number of ether oxygens (including phenoxy) is 2. The summed E-state index contributed by atoms with van der Waals surface area (Å²) in [7, 11) is 3.01. The van der Waals surface area contributed by atoms with E-state index in [1.807, 2.05) is 52.8 Å². The lowest BCUT2D eigenvalue weighted by Gasteiger charge is -2.36. The number of nitrogens with one attached hydrogen (secondary N) is 2. The Labute approximate surface area is 241 Å². The lowest BCUT2D eigenvalue weighted by molar-refractivity contribution is -0.128. The average Bonchev–Trinajstić information content (AvgIpc) is 3.34. The third-order valence-corrected chi connectivity index (χ3v) is 6.99. The molecule has 3 rings (SSSR count). The van der Waals surface area contributed by atoms with Crippen molar-refractivity contribution in [1.29, 1.82) is 0 Å². The zero-order chi connectivity index (χ0) is 30.3. The highest BCUT2D eigenvalue weighted by Crippen LogP contribution is 2.41. The van der Waals surface area contributed by atoms with Gasteiger partial charge in [0.25, 0.3) is 0 Å². The Kier molecular flexibility index (Phi) is 10.2. The summed E-state index contributed by atoms with van der Waals surface area (Å²) in [5.41, 5.74) is 2.09. The summed E-state index contributed by atoms with van der Waals surface area (Å²) in [4.78, 5) is 42.6. The summed E-state index contributed by atoms with van der Waals surface area (Å²) in [6.45, 7) is 11.3. The quantitative estimate of drug-likeness (QED) is 0.301. The lowest BCUT2D eigenvalue weighted by Crippen LogP contribution is -2.51. The van der Waals surface area contributed by atoms with Crippen molar-refractivity contribution >= 4 is 29.2 Å². The van der Waals surface area contributed by atoms with E-state index in [4.69, 9.17) is 14.0 Å². The number of amides is 3. The topological polar surface area (TPSA) is 123 Å². The van der Waals surface area contributed by atoms with Gasteiger partial charge in [-0.05, 0) is 58.2 Å². The molecule has 0 aliphatic rings. The summed E-state index contributed by atoms with van der Waals surface area (Å²) in [5, 5.41) is 9.53. The predicted molar refractivity (Wildman–Crippen MR) is 157 cm³/mol. The van der Waals surface area contributed by atoms with Crippen molar-refractivity contribution in [3.05, 3.63) is 64.9 Å². The fourth-order valence-corrected chi connectivity index (χ4v) is 4.57. The third kappa shape index (κ3) is 7.45. The molecule has 2 N–H and O–H groups in total. The van der Waals surface area contributed by atoms with Crippen LogP contribution in [0.25, 0.3) is 0 Å². The number of para-hydroxylation sites is 2. The van der Waals surface area contributed by atoms with E-state index in [0.717, 1.165) is 11.1 Å². The summed E-state index contributed by atoms with van der Waals surface area (Å²) in [5.74, 6) is 0.386. The van der Waals surface area contributed by atoms with Crippen LogP contribution in [0.1, 0.15) is 68.5 Å². The molecule has 1 aromatic heterocycles. The lowest BCUT2D eigenvalue weighted by atomic mass is 9.95. The highest BCUT2D eigenvalue weighted by Gasteiger charge is 2.38. The van der Waals surface area contributed by atoms with Crippen LogP contribution in [0.3, 0.4) is 0 Å². The van der Waals surface area contributed by atoms with Crippen LogP contribution in [0.15, 0.2) is 47.0 Å². The van der Waals surface area contributed by atoms with E-state index < -0.39 is 23.4 Å². The van der Waals surface area contributed by atoms with E-state index in [2.05, 4.69) is 15.8 Å². The smallest absolute Gasteiger partial charge is 0.248 e. The second-order valence-corrected chi connectivity index (χ2v) is 10.6. The molecule has 3 aromatic rings. The first-order chi connectivity index (χ1) is 19.4. The molecule has 220 valence electrons.